The van der Waals surface area contributed by atoms with E-state index in [0.717, 1.165) is 16.9 Å². The lowest BCUT2D eigenvalue weighted by Gasteiger charge is -2.33. The number of fused-ring (bicyclic) bond motifs is 1. The molecule has 0 saturated heterocycles. The Balaban J connectivity index is 2.02. The van der Waals surface area contributed by atoms with E-state index in [1.54, 1.807) is 28.4 Å². The van der Waals surface area contributed by atoms with E-state index in [2.05, 4.69) is 10.2 Å². The van der Waals surface area contributed by atoms with Crippen LogP contribution in [0, 0.1) is 0 Å². The van der Waals surface area contributed by atoms with Gasteiger partial charge in [-0.1, -0.05) is 11.6 Å². The zero-order chi connectivity index (χ0) is 13.4. The van der Waals surface area contributed by atoms with Gasteiger partial charge in [-0.3, -0.25) is 0 Å². The number of thiophene rings is 1. The number of carboxylic acids is 1. The van der Waals surface area contributed by atoms with Gasteiger partial charge in [-0.15, -0.1) is 21.5 Å². The molecule has 7 heteroatoms. The highest BCUT2D eigenvalue weighted by molar-refractivity contribution is 7.10. The molecule has 0 radical (unpaired) electrons. The van der Waals surface area contributed by atoms with E-state index in [1.807, 2.05) is 11.4 Å². The van der Waals surface area contributed by atoms with Crippen molar-refractivity contribution in [2.75, 3.05) is 11.4 Å². The van der Waals surface area contributed by atoms with Crippen molar-refractivity contribution in [1.82, 2.24) is 10.2 Å². The Hall–Kier alpha value is -1.66. The normalized spacial score (nSPS) is 18.2. The number of anilines is 1. The minimum absolute atomic E-state index is 0.295. The molecule has 2 aromatic rings. The number of aliphatic carboxylic acids is 1. The number of hydrogen-bond donors (Lipinski definition) is 1. The molecule has 0 aliphatic carbocycles. The summed E-state index contributed by atoms with van der Waals surface area (Å²) >= 11 is 7.31. The Morgan fingerprint density at radius 2 is 2.26 bits per heavy atom. The van der Waals surface area contributed by atoms with Gasteiger partial charge in [-0.25, -0.2) is 4.79 Å². The number of carbonyl (C=O) groups is 1. The molecular formula is C12H10ClN3O2S. The van der Waals surface area contributed by atoms with Crippen LogP contribution in [0.2, 0.25) is 5.15 Å². The second-order valence-electron chi connectivity index (χ2n) is 4.20. The van der Waals surface area contributed by atoms with Gasteiger partial charge in [0.25, 0.3) is 0 Å². The summed E-state index contributed by atoms with van der Waals surface area (Å²) in [4.78, 5) is 14.4. The molecule has 0 aromatic carbocycles. The third-order valence-corrected chi connectivity index (χ3v) is 4.31. The van der Waals surface area contributed by atoms with Crippen molar-refractivity contribution in [3.63, 3.8) is 0 Å². The maximum Gasteiger partial charge on any atom is 0.331 e. The van der Waals surface area contributed by atoms with Crippen molar-refractivity contribution in [3.8, 4) is 0 Å². The summed E-state index contributed by atoms with van der Waals surface area (Å²) in [6.45, 7) is 0.612. The zero-order valence-corrected chi connectivity index (χ0v) is 11.4. The lowest BCUT2D eigenvalue weighted by atomic mass is 10.00. The first-order valence-corrected chi connectivity index (χ1v) is 6.97. The molecule has 0 spiro atoms. The minimum atomic E-state index is -0.879. The van der Waals surface area contributed by atoms with Crippen molar-refractivity contribution < 1.29 is 9.90 Å². The van der Waals surface area contributed by atoms with Crippen molar-refractivity contribution in [2.45, 2.75) is 12.5 Å². The van der Waals surface area contributed by atoms with Crippen molar-refractivity contribution in [3.05, 3.63) is 39.2 Å². The standard InChI is InChI=1S/C12H10ClN3O2S/c13-9-1-2-10(15-14-9)16-5-3-8-7(4-6-19-8)11(16)12(17)18/h1-2,4,6,11H,3,5H2,(H,17,18). The van der Waals surface area contributed by atoms with Crippen LogP contribution in [0.5, 0.6) is 0 Å². The fourth-order valence-electron chi connectivity index (χ4n) is 2.29. The molecule has 0 amide bonds. The fraction of sp³-hybridized carbons (Fsp3) is 0.250. The third-order valence-electron chi connectivity index (χ3n) is 3.11. The number of carboxylic acid groups (broad SMARTS) is 1. The molecule has 1 aliphatic rings. The van der Waals surface area contributed by atoms with E-state index in [9.17, 15) is 9.90 Å². The van der Waals surface area contributed by atoms with Gasteiger partial charge in [-0.05, 0) is 35.6 Å². The summed E-state index contributed by atoms with van der Waals surface area (Å²) in [7, 11) is 0. The van der Waals surface area contributed by atoms with Crippen LogP contribution < -0.4 is 4.90 Å². The Labute approximate surface area is 118 Å². The first-order chi connectivity index (χ1) is 9.16. The van der Waals surface area contributed by atoms with E-state index in [4.69, 9.17) is 11.6 Å². The predicted molar refractivity (Wildman–Crippen MR) is 72.8 cm³/mol. The van der Waals surface area contributed by atoms with Crippen molar-refractivity contribution in [2.24, 2.45) is 0 Å². The van der Waals surface area contributed by atoms with Gasteiger partial charge in [0, 0.05) is 11.4 Å². The van der Waals surface area contributed by atoms with Crippen LogP contribution in [0.3, 0.4) is 0 Å². The predicted octanol–water partition coefficient (Wildman–Crippen LogP) is 2.38. The number of aromatic nitrogens is 2. The monoisotopic (exact) mass is 295 g/mol. The average Bonchev–Trinajstić information content (AvgIpc) is 2.86. The summed E-state index contributed by atoms with van der Waals surface area (Å²) in [6.07, 6.45) is 0.821. The van der Waals surface area contributed by atoms with Crippen LogP contribution in [-0.2, 0) is 11.2 Å². The van der Waals surface area contributed by atoms with Gasteiger partial charge >= 0.3 is 5.97 Å². The largest absolute Gasteiger partial charge is 0.479 e. The van der Waals surface area contributed by atoms with Crippen LogP contribution in [0.4, 0.5) is 5.82 Å². The van der Waals surface area contributed by atoms with Gasteiger partial charge in [0.2, 0.25) is 0 Å². The molecule has 1 N–H and O–H groups in total. The molecule has 0 bridgehead atoms. The molecule has 1 aliphatic heterocycles. The topological polar surface area (TPSA) is 66.3 Å². The summed E-state index contributed by atoms with van der Waals surface area (Å²) < 4.78 is 0. The lowest BCUT2D eigenvalue weighted by Crippen LogP contribution is -2.39. The molecule has 0 fully saturated rings. The van der Waals surface area contributed by atoms with E-state index in [-0.39, 0.29) is 0 Å². The molecule has 1 atom stereocenters. The molecule has 19 heavy (non-hydrogen) atoms. The second-order valence-corrected chi connectivity index (χ2v) is 5.59. The fourth-order valence-corrected chi connectivity index (χ4v) is 3.30. The summed E-state index contributed by atoms with van der Waals surface area (Å²) in [6, 6.07) is 4.48. The lowest BCUT2D eigenvalue weighted by molar-refractivity contribution is -0.138. The van der Waals surface area contributed by atoms with E-state index in [1.165, 1.54) is 0 Å². The Kier molecular flexibility index (Phi) is 3.12. The van der Waals surface area contributed by atoms with E-state index in [0.29, 0.717) is 17.5 Å². The maximum atomic E-state index is 11.6. The Morgan fingerprint density at radius 1 is 1.42 bits per heavy atom. The third kappa shape index (κ3) is 2.17. The minimum Gasteiger partial charge on any atom is -0.479 e. The van der Waals surface area contributed by atoms with Crippen LogP contribution in [0.25, 0.3) is 0 Å². The molecule has 1 unspecified atom stereocenters. The highest BCUT2D eigenvalue weighted by atomic mass is 35.5. The molecule has 98 valence electrons. The molecule has 3 rings (SSSR count). The molecular weight excluding hydrogens is 286 g/mol. The first-order valence-electron chi connectivity index (χ1n) is 5.72. The second kappa shape index (κ2) is 4.79. The highest BCUT2D eigenvalue weighted by Crippen LogP contribution is 2.35. The smallest absolute Gasteiger partial charge is 0.331 e. The molecule has 0 saturated carbocycles. The zero-order valence-electron chi connectivity index (χ0n) is 9.78. The van der Waals surface area contributed by atoms with E-state index < -0.39 is 12.0 Å². The first kappa shape index (κ1) is 12.4. The number of nitrogens with zero attached hydrogens (tertiary/aromatic N) is 3. The van der Waals surface area contributed by atoms with Gasteiger partial charge in [-0.2, -0.15) is 0 Å². The van der Waals surface area contributed by atoms with Gasteiger partial charge < -0.3 is 10.0 Å². The van der Waals surface area contributed by atoms with Gasteiger partial charge in [0.05, 0.1) is 0 Å². The van der Waals surface area contributed by atoms with Crippen LogP contribution in [0.15, 0.2) is 23.6 Å². The maximum absolute atomic E-state index is 11.6. The average molecular weight is 296 g/mol. The molecule has 5 nitrogen and oxygen atoms in total. The van der Waals surface area contributed by atoms with Crippen LogP contribution >= 0.6 is 22.9 Å². The number of hydrogen-bond acceptors (Lipinski definition) is 5. The summed E-state index contributed by atoms with van der Waals surface area (Å²) in [5, 5.41) is 19.5. The van der Waals surface area contributed by atoms with Gasteiger partial charge in [0.15, 0.2) is 17.0 Å². The number of halogens is 1. The molecule has 3 heterocycles. The highest BCUT2D eigenvalue weighted by Gasteiger charge is 2.34. The Morgan fingerprint density at radius 3 is 2.95 bits per heavy atom. The van der Waals surface area contributed by atoms with Crippen LogP contribution in [-0.4, -0.2) is 27.8 Å². The van der Waals surface area contributed by atoms with Crippen LogP contribution in [0.1, 0.15) is 16.5 Å². The SMILES string of the molecule is O=C(O)C1c2ccsc2CCN1c1ccc(Cl)nn1. The quantitative estimate of drug-likeness (QED) is 0.921. The number of rotatable bonds is 2. The van der Waals surface area contributed by atoms with Crippen molar-refractivity contribution in [1.29, 1.82) is 0 Å². The summed E-state index contributed by atoms with van der Waals surface area (Å²) in [5.41, 5.74) is 0.848. The van der Waals surface area contributed by atoms with E-state index >= 15 is 0 Å². The Bertz CT molecular complexity index is 614. The van der Waals surface area contributed by atoms with Gasteiger partial charge in [0.1, 0.15) is 0 Å². The summed E-state index contributed by atoms with van der Waals surface area (Å²) in [5.74, 6) is -0.343. The molecule has 2 aromatic heterocycles. The van der Waals surface area contributed by atoms with Crippen molar-refractivity contribution >= 4 is 34.7 Å².